The maximum Gasteiger partial charge on any atom is 0.223 e. The van der Waals surface area contributed by atoms with Crippen LogP contribution in [0, 0.1) is 26.7 Å². The summed E-state index contributed by atoms with van der Waals surface area (Å²) in [5.41, 5.74) is 5.63. The molecule has 2 aromatic rings. The fraction of sp³-hybridized carbons (Fsp3) is 0.619. The fourth-order valence-corrected chi connectivity index (χ4v) is 4.01. The molecule has 2 heterocycles. The zero-order valence-electron chi connectivity index (χ0n) is 16.9. The lowest BCUT2D eigenvalue weighted by molar-refractivity contribution is 0.176. The standard InChI is InChI=1S/C21H32N4O/c1-15-7-6-8-25(11-15)13-20-10-16(2)9-19(17(20)3)12-24(5)14-21-22-18(4)26-23-21/h9-10,15H,6-8,11-14H2,1-5H3. The first-order valence-electron chi connectivity index (χ1n) is 9.70. The van der Waals surface area contributed by atoms with Gasteiger partial charge in [-0.05, 0) is 62.9 Å². The van der Waals surface area contributed by atoms with E-state index in [0.717, 1.165) is 24.8 Å². The van der Waals surface area contributed by atoms with E-state index in [2.05, 4.69) is 59.9 Å². The summed E-state index contributed by atoms with van der Waals surface area (Å²) in [6.45, 7) is 13.8. The highest BCUT2D eigenvalue weighted by Gasteiger charge is 2.18. The molecule has 1 aliphatic heterocycles. The Morgan fingerprint density at radius 2 is 1.96 bits per heavy atom. The van der Waals surface area contributed by atoms with Crippen molar-refractivity contribution < 1.29 is 4.52 Å². The largest absolute Gasteiger partial charge is 0.340 e. The van der Waals surface area contributed by atoms with Gasteiger partial charge in [-0.25, -0.2) is 0 Å². The first-order valence-corrected chi connectivity index (χ1v) is 9.70. The average molecular weight is 357 g/mol. The Kier molecular flexibility index (Phi) is 6.09. The third-order valence-corrected chi connectivity index (χ3v) is 5.32. The summed E-state index contributed by atoms with van der Waals surface area (Å²) in [7, 11) is 2.11. The molecule has 0 bridgehead atoms. The highest BCUT2D eigenvalue weighted by Crippen LogP contribution is 2.23. The second kappa shape index (κ2) is 8.31. The topological polar surface area (TPSA) is 45.4 Å². The Balaban J connectivity index is 1.69. The van der Waals surface area contributed by atoms with Crippen molar-refractivity contribution in [2.75, 3.05) is 20.1 Å². The second-order valence-corrected chi connectivity index (χ2v) is 8.09. The first kappa shape index (κ1) is 19.1. The SMILES string of the molecule is Cc1cc(CN(C)Cc2noc(C)n2)c(C)c(CN2CCCC(C)C2)c1. The molecule has 1 fully saturated rings. The Bertz CT molecular complexity index is 740. The highest BCUT2D eigenvalue weighted by molar-refractivity contribution is 5.38. The number of benzene rings is 1. The molecule has 0 saturated carbocycles. The van der Waals surface area contributed by atoms with E-state index in [0.29, 0.717) is 12.4 Å². The molecule has 1 aromatic heterocycles. The normalized spacial score (nSPS) is 18.6. The molecular weight excluding hydrogens is 324 g/mol. The lowest BCUT2D eigenvalue weighted by Crippen LogP contribution is -2.34. The van der Waals surface area contributed by atoms with E-state index in [1.54, 1.807) is 0 Å². The minimum absolute atomic E-state index is 0.623. The van der Waals surface area contributed by atoms with Gasteiger partial charge >= 0.3 is 0 Å². The van der Waals surface area contributed by atoms with Crippen LogP contribution in [0.5, 0.6) is 0 Å². The van der Waals surface area contributed by atoms with Crippen LogP contribution in [0.15, 0.2) is 16.7 Å². The Hall–Kier alpha value is -1.72. The van der Waals surface area contributed by atoms with E-state index in [9.17, 15) is 0 Å². The molecule has 5 heteroatoms. The lowest BCUT2D eigenvalue weighted by Gasteiger charge is -2.31. The molecule has 1 aromatic carbocycles. The van der Waals surface area contributed by atoms with Gasteiger partial charge in [-0.2, -0.15) is 4.98 Å². The summed E-state index contributed by atoms with van der Waals surface area (Å²) in [6, 6.07) is 4.68. The molecule has 1 aliphatic rings. The number of piperidine rings is 1. The van der Waals surface area contributed by atoms with Crippen LogP contribution in [0.25, 0.3) is 0 Å². The fourth-order valence-electron chi connectivity index (χ4n) is 4.01. The maximum atomic E-state index is 5.08. The third-order valence-electron chi connectivity index (χ3n) is 5.32. The van der Waals surface area contributed by atoms with E-state index >= 15 is 0 Å². The Morgan fingerprint density at radius 3 is 2.65 bits per heavy atom. The van der Waals surface area contributed by atoms with Crippen LogP contribution in [0.1, 0.15) is 53.7 Å². The van der Waals surface area contributed by atoms with Crippen molar-refractivity contribution in [2.24, 2.45) is 5.92 Å². The monoisotopic (exact) mass is 356 g/mol. The van der Waals surface area contributed by atoms with Crippen LogP contribution in [0.2, 0.25) is 0 Å². The second-order valence-electron chi connectivity index (χ2n) is 8.09. The minimum Gasteiger partial charge on any atom is -0.340 e. The average Bonchev–Trinajstić information content (AvgIpc) is 2.96. The number of rotatable bonds is 6. The van der Waals surface area contributed by atoms with Gasteiger partial charge in [0.05, 0.1) is 6.54 Å². The molecule has 1 unspecified atom stereocenters. The van der Waals surface area contributed by atoms with Crippen molar-refractivity contribution in [2.45, 2.75) is 60.2 Å². The van der Waals surface area contributed by atoms with Gasteiger partial charge in [0.1, 0.15) is 0 Å². The van der Waals surface area contributed by atoms with E-state index in [1.165, 1.54) is 48.2 Å². The molecule has 0 spiro atoms. The van der Waals surface area contributed by atoms with Crippen LogP contribution in [-0.4, -0.2) is 40.1 Å². The van der Waals surface area contributed by atoms with Crippen LogP contribution < -0.4 is 0 Å². The predicted octanol–water partition coefficient (Wildman–Crippen LogP) is 3.86. The molecule has 5 nitrogen and oxygen atoms in total. The maximum absolute atomic E-state index is 5.08. The molecule has 1 atom stereocenters. The van der Waals surface area contributed by atoms with Crippen molar-refractivity contribution in [3.8, 4) is 0 Å². The molecule has 0 N–H and O–H groups in total. The Labute approximate surface area is 157 Å². The molecular formula is C21H32N4O. The number of aryl methyl sites for hydroxylation is 2. The summed E-state index contributed by atoms with van der Waals surface area (Å²) in [5, 5.41) is 4.00. The molecule has 3 rings (SSSR count). The number of likely N-dealkylation sites (tertiary alicyclic amines) is 1. The molecule has 0 aliphatic carbocycles. The summed E-state index contributed by atoms with van der Waals surface area (Å²) in [6.07, 6.45) is 2.70. The highest BCUT2D eigenvalue weighted by atomic mass is 16.5. The van der Waals surface area contributed by atoms with Crippen LogP contribution in [0.3, 0.4) is 0 Å². The van der Waals surface area contributed by atoms with Gasteiger partial charge < -0.3 is 4.52 Å². The van der Waals surface area contributed by atoms with Crippen LogP contribution in [0.4, 0.5) is 0 Å². The third kappa shape index (κ3) is 4.92. The van der Waals surface area contributed by atoms with E-state index in [-0.39, 0.29) is 0 Å². The Morgan fingerprint density at radius 1 is 1.19 bits per heavy atom. The smallest absolute Gasteiger partial charge is 0.223 e. The van der Waals surface area contributed by atoms with Crippen LogP contribution >= 0.6 is 0 Å². The zero-order valence-corrected chi connectivity index (χ0v) is 16.9. The number of nitrogens with zero attached hydrogens (tertiary/aromatic N) is 4. The molecule has 1 saturated heterocycles. The number of hydrogen-bond acceptors (Lipinski definition) is 5. The number of aromatic nitrogens is 2. The van der Waals surface area contributed by atoms with E-state index < -0.39 is 0 Å². The first-order chi connectivity index (χ1) is 12.4. The van der Waals surface area contributed by atoms with E-state index in [1.807, 2.05) is 6.92 Å². The van der Waals surface area contributed by atoms with Crippen molar-refractivity contribution >= 4 is 0 Å². The quantitative estimate of drug-likeness (QED) is 0.786. The predicted molar refractivity (Wildman–Crippen MR) is 104 cm³/mol. The summed E-state index contributed by atoms with van der Waals surface area (Å²) >= 11 is 0. The number of hydrogen-bond donors (Lipinski definition) is 0. The van der Waals surface area contributed by atoms with Crippen molar-refractivity contribution in [3.05, 3.63) is 46.1 Å². The molecule has 142 valence electrons. The minimum atomic E-state index is 0.623. The zero-order chi connectivity index (χ0) is 18.7. The van der Waals surface area contributed by atoms with Crippen molar-refractivity contribution in [3.63, 3.8) is 0 Å². The van der Waals surface area contributed by atoms with Crippen molar-refractivity contribution in [1.29, 1.82) is 0 Å². The summed E-state index contributed by atoms with van der Waals surface area (Å²) in [4.78, 5) is 9.17. The van der Waals surface area contributed by atoms with Gasteiger partial charge in [-0.15, -0.1) is 0 Å². The van der Waals surface area contributed by atoms with Gasteiger partial charge in [0.15, 0.2) is 5.82 Å². The van der Waals surface area contributed by atoms with Crippen molar-refractivity contribution in [1.82, 2.24) is 19.9 Å². The summed E-state index contributed by atoms with van der Waals surface area (Å²) in [5.74, 6) is 2.19. The molecule has 0 amide bonds. The molecule has 0 radical (unpaired) electrons. The lowest BCUT2D eigenvalue weighted by atomic mass is 9.96. The van der Waals surface area contributed by atoms with Gasteiger partial charge in [0, 0.05) is 26.6 Å². The van der Waals surface area contributed by atoms with Gasteiger partial charge in [0.25, 0.3) is 0 Å². The van der Waals surface area contributed by atoms with Gasteiger partial charge in [0.2, 0.25) is 5.89 Å². The van der Waals surface area contributed by atoms with Crippen LogP contribution in [-0.2, 0) is 19.6 Å². The summed E-state index contributed by atoms with van der Waals surface area (Å²) < 4.78 is 5.08. The van der Waals surface area contributed by atoms with E-state index in [4.69, 9.17) is 4.52 Å². The van der Waals surface area contributed by atoms with Gasteiger partial charge in [-0.1, -0.05) is 29.8 Å². The van der Waals surface area contributed by atoms with Gasteiger partial charge in [-0.3, -0.25) is 9.80 Å². The molecule has 26 heavy (non-hydrogen) atoms.